The maximum Gasteiger partial charge on any atom is 0.225 e. The molecule has 0 spiro atoms. The van der Waals surface area contributed by atoms with Gasteiger partial charge in [-0.1, -0.05) is 13.8 Å². The van der Waals surface area contributed by atoms with Crippen LogP contribution in [0, 0.1) is 11.8 Å². The lowest BCUT2D eigenvalue weighted by Gasteiger charge is -2.10. The Hall–Kier alpha value is -1.06. The van der Waals surface area contributed by atoms with Crippen LogP contribution in [0.4, 0.5) is 0 Å². The molecule has 2 amide bonds. The number of hydrogen-bond donors (Lipinski definition) is 2. The lowest BCUT2D eigenvalue weighted by molar-refractivity contribution is -0.126. The highest BCUT2D eigenvalue weighted by Gasteiger charge is 2.27. The summed E-state index contributed by atoms with van der Waals surface area (Å²) in [5.74, 6) is 0.261. The number of carbonyl (C=O) groups is 2. The van der Waals surface area contributed by atoms with Crippen LogP contribution in [0.5, 0.6) is 0 Å². The molecule has 4 nitrogen and oxygen atoms in total. The summed E-state index contributed by atoms with van der Waals surface area (Å²) in [5, 5.41) is 5.45. The van der Waals surface area contributed by atoms with E-state index in [-0.39, 0.29) is 17.7 Å². The normalized spacial score (nSPS) is 21.8. The first-order chi connectivity index (χ1) is 6.09. The molecule has 1 aliphatic rings. The van der Waals surface area contributed by atoms with Crippen molar-refractivity contribution < 1.29 is 9.59 Å². The minimum Gasteiger partial charge on any atom is -0.356 e. The van der Waals surface area contributed by atoms with E-state index in [4.69, 9.17) is 0 Å². The minimum atomic E-state index is -0.161. The van der Waals surface area contributed by atoms with E-state index in [1.165, 1.54) is 0 Å². The Balaban J connectivity index is 2.27. The summed E-state index contributed by atoms with van der Waals surface area (Å²) < 4.78 is 0. The molecule has 1 saturated heterocycles. The van der Waals surface area contributed by atoms with Crippen LogP contribution < -0.4 is 10.6 Å². The van der Waals surface area contributed by atoms with Crippen LogP contribution in [0.2, 0.25) is 0 Å². The Morgan fingerprint density at radius 3 is 2.85 bits per heavy atom. The molecule has 0 saturated carbocycles. The molecule has 1 heterocycles. The highest BCUT2D eigenvalue weighted by atomic mass is 16.2. The van der Waals surface area contributed by atoms with Crippen LogP contribution in [0.1, 0.15) is 20.3 Å². The molecule has 0 aromatic carbocycles. The van der Waals surface area contributed by atoms with Crippen molar-refractivity contribution in [2.45, 2.75) is 20.3 Å². The Kier molecular flexibility index (Phi) is 3.28. The lowest BCUT2D eigenvalue weighted by atomic mass is 10.1. The molecule has 0 aliphatic carbocycles. The first kappa shape index (κ1) is 10.0. The van der Waals surface area contributed by atoms with E-state index in [1.807, 2.05) is 13.8 Å². The number of rotatable bonds is 3. The standard InChI is InChI=1S/C9H16N2O2/c1-6(2)4-11-9(13)7-3-8(12)10-5-7/h6-7H,3-5H2,1-2H3,(H,10,12)(H,11,13). The zero-order valence-corrected chi connectivity index (χ0v) is 8.09. The number of amides is 2. The number of nitrogens with one attached hydrogen (secondary N) is 2. The molecule has 1 aliphatic heterocycles. The quantitative estimate of drug-likeness (QED) is 0.643. The minimum absolute atomic E-state index is 0.00736. The fourth-order valence-corrected chi connectivity index (χ4v) is 1.24. The summed E-state index contributed by atoms with van der Waals surface area (Å²) >= 11 is 0. The van der Waals surface area contributed by atoms with Crippen molar-refractivity contribution in [1.82, 2.24) is 10.6 Å². The maximum absolute atomic E-state index is 11.4. The van der Waals surface area contributed by atoms with Crippen LogP contribution in [0.25, 0.3) is 0 Å². The number of carbonyl (C=O) groups excluding carboxylic acids is 2. The molecule has 0 radical (unpaired) electrons. The van der Waals surface area contributed by atoms with Crippen LogP contribution in [0.3, 0.4) is 0 Å². The van der Waals surface area contributed by atoms with Crippen LogP contribution in [-0.4, -0.2) is 24.9 Å². The second kappa shape index (κ2) is 4.25. The predicted octanol–water partition coefficient (Wildman–Crippen LogP) is -0.105. The van der Waals surface area contributed by atoms with Gasteiger partial charge in [-0.2, -0.15) is 0 Å². The third-order valence-corrected chi connectivity index (χ3v) is 2.03. The van der Waals surface area contributed by atoms with Gasteiger partial charge in [-0.15, -0.1) is 0 Å². The van der Waals surface area contributed by atoms with Gasteiger partial charge in [-0.05, 0) is 5.92 Å². The van der Waals surface area contributed by atoms with Gasteiger partial charge in [0.05, 0.1) is 5.92 Å². The molecule has 13 heavy (non-hydrogen) atoms. The molecule has 0 aromatic rings. The average Bonchev–Trinajstić information content (AvgIpc) is 2.47. The summed E-state index contributed by atoms with van der Waals surface area (Å²) in [6.45, 7) is 5.25. The second-order valence-electron chi connectivity index (χ2n) is 3.84. The van der Waals surface area contributed by atoms with E-state index >= 15 is 0 Å². The van der Waals surface area contributed by atoms with Crippen molar-refractivity contribution in [1.29, 1.82) is 0 Å². The molecule has 4 heteroatoms. The fraction of sp³-hybridized carbons (Fsp3) is 0.778. The summed E-state index contributed by atoms with van der Waals surface area (Å²) in [4.78, 5) is 22.2. The molecule has 1 rings (SSSR count). The number of hydrogen-bond acceptors (Lipinski definition) is 2. The van der Waals surface area contributed by atoms with Gasteiger partial charge >= 0.3 is 0 Å². The highest BCUT2D eigenvalue weighted by Crippen LogP contribution is 2.08. The third-order valence-electron chi connectivity index (χ3n) is 2.03. The van der Waals surface area contributed by atoms with E-state index in [0.29, 0.717) is 25.4 Å². The molecule has 0 bridgehead atoms. The van der Waals surface area contributed by atoms with Crippen molar-refractivity contribution >= 4 is 11.8 Å². The third kappa shape index (κ3) is 3.05. The lowest BCUT2D eigenvalue weighted by Crippen LogP contribution is -2.34. The van der Waals surface area contributed by atoms with E-state index in [9.17, 15) is 9.59 Å². The summed E-state index contributed by atoms with van der Waals surface area (Å²) in [6.07, 6.45) is 0.337. The Labute approximate surface area is 78.1 Å². The first-order valence-corrected chi connectivity index (χ1v) is 4.64. The van der Waals surface area contributed by atoms with Crippen molar-refractivity contribution in [2.75, 3.05) is 13.1 Å². The first-order valence-electron chi connectivity index (χ1n) is 4.64. The summed E-state index contributed by atoms with van der Waals surface area (Å²) in [5.41, 5.74) is 0. The zero-order valence-electron chi connectivity index (χ0n) is 8.09. The van der Waals surface area contributed by atoms with Gasteiger partial charge in [-0.25, -0.2) is 0 Å². The topological polar surface area (TPSA) is 58.2 Å². The highest BCUT2D eigenvalue weighted by molar-refractivity contribution is 5.89. The SMILES string of the molecule is CC(C)CNC(=O)C1CNC(=O)C1. The smallest absolute Gasteiger partial charge is 0.225 e. The van der Waals surface area contributed by atoms with Gasteiger partial charge < -0.3 is 10.6 Å². The van der Waals surface area contributed by atoms with Crippen LogP contribution >= 0.6 is 0 Å². The molecule has 74 valence electrons. The van der Waals surface area contributed by atoms with E-state index in [0.717, 1.165) is 0 Å². The van der Waals surface area contributed by atoms with Gasteiger partial charge in [0, 0.05) is 19.5 Å². The molecule has 1 atom stereocenters. The average molecular weight is 184 g/mol. The second-order valence-corrected chi connectivity index (χ2v) is 3.84. The molecule has 0 aromatic heterocycles. The molecule has 1 fully saturated rings. The molecule has 2 N–H and O–H groups in total. The Morgan fingerprint density at radius 2 is 2.38 bits per heavy atom. The van der Waals surface area contributed by atoms with Crippen molar-refractivity contribution in [3.05, 3.63) is 0 Å². The van der Waals surface area contributed by atoms with Crippen molar-refractivity contribution in [3.63, 3.8) is 0 Å². The molecular weight excluding hydrogens is 168 g/mol. The van der Waals surface area contributed by atoms with Gasteiger partial charge in [0.1, 0.15) is 0 Å². The van der Waals surface area contributed by atoms with E-state index in [1.54, 1.807) is 0 Å². The summed E-state index contributed by atoms with van der Waals surface area (Å²) in [7, 11) is 0. The van der Waals surface area contributed by atoms with E-state index in [2.05, 4.69) is 10.6 Å². The Morgan fingerprint density at radius 1 is 1.69 bits per heavy atom. The van der Waals surface area contributed by atoms with Gasteiger partial charge in [0.25, 0.3) is 0 Å². The largest absolute Gasteiger partial charge is 0.356 e. The van der Waals surface area contributed by atoms with Gasteiger partial charge in [0.2, 0.25) is 11.8 Å². The Bertz CT molecular complexity index is 214. The van der Waals surface area contributed by atoms with Crippen LogP contribution in [-0.2, 0) is 9.59 Å². The fourth-order valence-electron chi connectivity index (χ4n) is 1.24. The molecular formula is C9H16N2O2. The van der Waals surface area contributed by atoms with Crippen LogP contribution in [0.15, 0.2) is 0 Å². The zero-order chi connectivity index (χ0) is 9.84. The van der Waals surface area contributed by atoms with Crippen molar-refractivity contribution in [3.8, 4) is 0 Å². The van der Waals surface area contributed by atoms with Gasteiger partial charge in [0.15, 0.2) is 0 Å². The van der Waals surface area contributed by atoms with Crippen molar-refractivity contribution in [2.24, 2.45) is 11.8 Å². The molecule has 1 unspecified atom stereocenters. The monoisotopic (exact) mass is 184 g/mol. The van der Waals surface area contributed by atoms with Gasteiger partial charge in [-0.3, -0.25) is 9.59 Å². The maximum atomic E-state index is 11.4. The predicted molar refractivity (Wildman–Crippen MR) is 49.0 cm³/mol. The van der Waals surface area contributed by atoms with E-state index < -0.39 is 0 Å². The summed E-state index contributed by atoms with van der Waals surface area (Å²) in [6, 6.07) is 0.